The number of aromatic nitrogens is 2. The summed E-state index contributed by atoms with van der Waals surface area (Å²) in [5.74, 6) is 1.16. The first kappa shape index (κ1) is 13.6. The first-order valence-electron chi connectivity index (χ1n) is 5.98. The van der Waals surface area contributed by atoms with Gasteiger partial charge in [0.2, 0.25) is 0 Å². The molecule has 0 aliphatic heterocycles. The van der Waals surface area contributed by atoms with Crippen LogP contribution in [0.1, 0.15) is 43.5 Å². The SMILES string of the molecule is Cc1nccc(C(=O)N(C)[C@@H](C)CC(C)C)n1. The van der Waals surface area contributed by atoms with E-state index in [2.05, 4.69) is 30.7 Å². The van der Waals surface area contributed by atoms with Gasteiger partial charge in [0.25, 0.3) is 5.91 Å². The normalized spacial score (nSPS) is 12.6. The van der Waals surface area contributed by atoms with Crippen LogP contribution in [0.2, 0.25) is 0 Å². The van der Waals surface area contributed by atoms with E-state index in [1.54, 1.807) is 24.1 Å². The molecule has 1 aromatic heterocycles. The molecule has 0 aliphatic carbocycles. The highest BCUT2D eigenvalue weighted by atomic mass is 16.2. The van der Waals surface area contributed by atoms with Gasteiger partial charge in [0.15, 0.2) is 0 Å². The van der Waals surface area contributed by atoms with Gasteiger partial charge < -0.3 is 4.90 Å². The van der Waals surface area contributed by atoms with Gasteiger partial charge in [-0.3, -0.25) is 4.79 Å². The average Bonchev–Trinajstić information content (AvgIpc) is 2.26. The molecule has 1 atom stereocenters. The van der Waals surface area contributed by atoms with Crippen molar-refractivity contribution in [2.24, 2.45) is 5.92 Å². The minimum Gasteiger partial charge on any atom is -0.338 e. The summed E-state index contributed by atoms with van der Waals surface area (Å²) in [4.78, 5) is 22.1. The molecule has 0 bridgehead atoms. The second-order valence-corrected chi connectivity index (χ2v) is 4.88. The number of aryl methyl sites for hydroxylation is 1. The lowest BCUT2D eigenvalue weighted by Gasteiger charge is -2.26. The number of rotatable bonds is 4. The maximum atomic E-state index is 12.2. The fraction of sp³-hybridized carbons (Fsp3) is 0.615. The maximum Gasteiger partial charge on any atom is 0.272 e. The van der Waals surface area contributed by atoms with Crippen LogP contribution >= 0.6 is 0 Å². The molecular weight excluding hydrogens is 214 g/mol. The van der Waals surface area contributed by atoms with Gasteiger partial charge in [0.05, 0.1) is 0 Å². The highest BCUT2D eigenvalue weighted by Gasteiger charge is 2.19. The van der Waals surface area contributed by atoms with Crippen LogP contribution < -0.4 is 0 Å². The van der Waals surface area contributed by atoms with Gasteiger partial charge >= 0.3 is 0 Å². The van der Waals surface area contributed by atoms with Gasteiger partial charge in [0, 0.05) is 19.3 Å². The molecule has 0 N–H and O–H groups in total. The van der Waals surface area contributed by atoms with Crippen molar-refractivity contribution in [3.8, 4) is 0 Å². The van der Waals surface area contributed by atoms with E-state index in [9.17, 15) is 4.79 Å². The molecule has 0 radical (unpaired) electrons. The number of hydrogen-bond donors (Lipinski definition) is 0. The van der Waals surface area contributed by atoms with Crippen LogP contribution in [0.25, 0.3) is 0 Å². The third kappa shape index (κ3) is 3.80. The van der Waals surface area contributed by atoms with Crippen molar-refractivity contribution in [3.63, 3.8) is 0 Å². The van der Waals surface area contributed by atoms with Gasteiger partial charge in [-0.25, -0.2) is 9.97 Å². The van der Waals surface area contributed by atoms with Gasteiger partial charge in [-0.1, -0.05) is 13.8 Å². The standard InChI is InChI=1S/C13H21N3O/c1-9(2)8-10(3)16(5)13(17)12-6-7-14-11(4)15-12/h6-7,9-10H,8H2,1-5H3/t10-/m0/s1. The van der Waals surface area contributed by atoms with Crippen LogP contribution in [0, 0.1) is 12.8 Å². The summed E-state index contributed by atoms with van der Waals surface area (Å²) in [6.07, 6.45) is 2.61. The van der Waals surface area contributed by atoms with Crippen LogP contribution in [0.15, 0.2) is 12.3 Å². The summed E-state index contributed by atoms with van der Waals surface area (Å²) in [6.45, 7) is 8.16. The third-order valence-corrected chi connectivity index (χ3v) is 2.79. The topological polar surface area (TPSA) is 46.1 Å². The van der Waals surface area contributed by atoms with E-state index in [0.717, 1.165) is 6.42 Å². The van der Waals surface area contributed by atoms with Crippen molar-refractivity contribution >= 4 is 5.91 Å². The molecule has 94 valence electrons. The number of nitrogens with zero attached hydrogens (tertiary/aromatic N) is 3. The van der Waals surface area contributed by atoms with E-state index in [-0.39, 0.29) is 11.9 Å². The first-order chi connectivity index (χ1) is 7.91. The lowest BCUT2D eigenvalue weighted by Crippen LogP contribution is -2.36. The summed E-state index contributed by atoms with van der Waals surface area (Å²) in [5.41, 5.74) is 0.468. The number of carbonyl (C=O) groups excluding carboxylic acids is 1. The molecule has 0 fully saturated rings. The Hall–Kier alpha value is -1.45. The molecule has 0 saturated carbocycles. The number of hydrogen-bond acceptors (Lipinski definition) is 3. The molecule has 4 heteroatoms. The first-order valence-corrected chi connectivity index (χ1v) is 5.98. The molecule has 0 saturated heterocycles. The average molecular weight is 235 g/mol. The van der Waals surface area contributed by atoms with Gasteiger partial charge in [0.1, 0.15) is 11.5 Å². The van der Waals surface area contributed by atoms with Crippen LogP contribution in [0.4, 0.5) is 0 Å². The minimum atomic E-state index is -0.0383. The van der Waals surface area contributed by atoms with E-state index in [1.807, 2.05) is 7.05 Å². The zero-order valence-corrected chi connectivity index (χ0v) is 11.3. The molecule has 0 aromatic carbocycles. The highest BCUT2D eigenvalue weighted by Crippen LogP contribution is 2.12. The molecule has 4 nitrogen and oxygen atoms in total. The van der Waals surface area contributed by atoms with Crippen molar-refractivity contribution in [2.45, 2.75) is 40.2 Å². The summed E-state index contributed by atoms with van der Waals surface area (Å²) < 4.78 is 0. The number of carbonyl (C=O) groups is 1. The largest absolute Gasteiger partial charge is 0.338 e. The fourth-order valence-electron chi connectivity index (χ4n) is 1.80. The summed E-state index contributed by atoms with van der Waals surface area (Å²) >= 11 is 0. The molecule has 1 heterocycles. The van der Waals surface area contributed by atoms with Crippen molar-refractivity contribution in [1.82, 2.24) is 14.9 Å². The maximum absolute atomic E-state index is 12.2. The molecule has 17 heavy (non-hydrogen) atoms. The van der Waals surface area contributed by atoms with Crippen LogP contribution in [-0.4, -0.2) is 33.9 Å². The van der Waals surface area contributed by atoms with Crippen molar-refractivity contribution in [2.75, 3.05) is 7.05 Å². The predicted octanol–water partition coefficient (Wildman–Crippen LogP) is 2.29. The zero-order chi connectivity index (χ0) is 13.0. The Kier molecular flexibility index (Phi) is 4.61. The highest BCUT2D eigenvalue weighted by molar-refractivity contribution is 5.92. The second-order valence-electron chi connectivity index (χ2n) is 4.88. The molecule has 0 unspecified atom stereocenters. The Morgan fingerprint density at radius 2 is 2.06 bits per heavy atom. The molecule has 1 amide bonds. The molecular formula is C13H21N3O. The zero-order valence-electron chi connectivity index (χ0n) is 11.3. The minimum absolute atomic E-state index is 0.0383. The Bertz CT molecular complexity index is 390. The predicted molar refractivity (Wildman–Crippen MR) is 67.8 cm³/mol. The van der Waals surface area contributed by atoms with E-state index in [1.165, 1.54) is 0 Å². The molecule has 1 aromatic rings. The van der Waals surface area contributed by atoms with E-state index in [0.29, 0.717) is 17.4 Å². The van der Waals surface area contributed by atoms with Crippen LogP contribution in [0.3, 0.4) is 0 Å². The van der Waals surface area contributed by atoms with E-state index >= 15 is 0 Å². The Morgan fingerprint density at radius 3 is 2.59 bits per heavy atom. The molecule has 1 rings (SSSR count). The van der Waals surface area contributed by atoms with Gasteiger partial charge in [-0.2, -0.15) is 0 Å². The van der Waals surface area contributed by atoms with E-state index < -0.39 is 0 Å². The van der Waals surface area contributed by atoms with Crippen molar-refractivity contribution in [3.05, 3.63) is 23.8 Å². The van der Waals surface area contributed by atoms with Gasteiger partial charge in [-0.05, 0) is 32.3 Å². The van der Waals surface area contributed by atoms with Crippen LogP contribution in [0.5, 0.6) is 0 Å². The molecule has 0 aliphatic rings. The summed E-state index contributed by atoms with van der Waals surface area (Å²) in [7, 11) is 1.83. The smallest absolute Gasteiger partial charge is 0.272 e. The lowest BCUT2D eigenvalue weighted by molar-refractivity contribution is 0.0722. The second kappa shape index (κ2) is 5.75. The Labute approximate surface area is 103 Å². The van der Waals surface area contributed by atoms with E-state index in [4.69, 9.17) is 0 Å². The fourth-order valence-corrected chi connectivity index (χ4v) is 1.80. The van der Waals surface area contributed by atoms with Crippen LogP contribution in [-0.2, 0) is 0 Å². The summed E-state index contributed by atoms with van der Waals surface area (Å²) in [5, 5.41) is 0. The van der Waals surface area contributed by atoms with Crippen molar-refractivity contribution < 1.29 is 4.79 Å². The monoisotopic (exact) mass is 235 g/mol. The van der Waals surface area contributed by atoms with Crippen molar-refractivity contribution in [1.29, 1.82) is 0 Å². The number of amides is 1. The third-order valence-electron chi connectivity index (χ3n) is 2.79. The Morgan fingerprint density at radius 1 is 1.41 bits per heavy atom. The quantitative estimate of drug-likeness (QED) is 0.804. The van der Waals surface area contributed by atoms with Gasteiger partial charge in [-0.15, -0.1) is 0 Å². The Balaban J connectivity index is 2.76. The lowest BCUT2D eigenvalue weighted by atomic mass is 10.0. The summed E-state index contributed by atoms with van der Waals surface area (Å²) in [6, 6.07) is 1.88. The molecule has 0 spiro atoms.